The zero-order valence-corrected chi connectivity index (χ0v) is 10.5. The summed E-state index contributed by atoms with van der Waals surface area (Å²) in [4.78, 5) is -0.106. The average Bonchev–Trinajstić information content (AvgIpc) is 2.33. The lowest BCUT2D eigenvalue weighted by atomic mass is 10.1. The van der Waals surface area contributed by atoms with Crippen LogP contribution in [0.3, 0.4) is 0 Å². The number of halogens is 1. The molecule has 0 spiro atoms. The highest BCUT2D eigenvalue weighted by Crippen LogP contribution is 2.23. The van der Waals surface area contributed by atoms with Crippen molar-refractivity contribution in [2.45, 2.75) is 23.8 Å². The molecule has 1 saturated heterocycles. The van der Waals surface area contributed by atoms with E-state index in [2.05, 4.69) is 0 Å². The van der Waals surface area contributed by atoms with Crippen molar-refractivity contribution in [2.24, 2.45) is 0 Å². The van der Waals surface area contributed by atoms with Crippen molar-refractivity contribution in [3.63, 3.8) is 0 Å². The molecule has 0 atom stereocenters. The van der Waals surface area contributed by atoms with Gasteiger partial charge in [-0.3, -0.25) is 0 Å². The van der Waals surface area contributed by atoms with Gasteiger partial charge in [-0.05, 0) is 31.0 Å². The minimum Gasteiger partial charge on any atom is -0.396 e. The maximum absolute atomic E-state index is 13.3. The molecule has 0 unspecified atom stereocenters. The Labute approximate surface area is 105 Å². The van der Waals surface area contributed by atoms with Crippen LogP contribution >= 0.6 is 0 Å². The molecule has 0 aromatic heterocycles. The van der Waals surface area contributed by atoms with Crippen LogP contribution in [0, 0.1) is 5.82 Å². The molecule has 1 aromatic carbocycles. The van der Waals surface area contributed by atoms with Gasteiger partial charge in [-0.15, -0.1) is 0 Å². The van der Waals surface area contributed by atoms with E-state index in [9.17, 15) is 17.9 Å². The summed E-state index contributed by atoms with van der Waals surface area (Å²) in [6.07, 6.45) is 0.340. The van der Waals surface area contributed by atoms with Crippen LogP contribution in [0.4, 0.5) is 10.1 Å². The smallest absolute Gasteiger partial charge is 0.243 e. The zero-order chi connectivity index (χ0) is 13.3. The Bertz CT molecular complexity index is 539. The maximum Gasteiger partial charge on any atom is 0.243 e. The van der Waals surface area contributed by atoms with Crippen LogP contribution in [0.2, 0.25) is 0 Å². The lowest BCUT2D eigenvalue weighted by Crippen LogP contribution is -2.40. The Morgan fingerprint density at radius 1 is 1.33 bits per heavy atom. The lowest BCUT2D eigenvalue weighted by molar-refractivity contribution is 0.113. The van der Waals surface area contributed by atoms with Crippen molar-refractivity contribution in [3.05, 3.63) is 24.0 Å². The molecule has 0 saturated carbocycles. The molecule has 0 amide bonds. The second kappa shape index (κ2) is 4.83. The lowest BCUT2D eigenvalue weighted by Gasteiger charge is -2.28. The first kappa shape index (κ1) is 13.3. The SMILES string of the molecule is Nc1ccc(S(=O)(=O)N2CCC(O)CC2)cc1F. The first-order valence-electron chi connectivity index (χ1n) is 5.64. The Balaban J connectivity index is 2.27. The van der Waals surface area contributed by atoms with E-state index in [0.29, 0.717) is 12.8 Å². The molecule has 0 bridgehead atoms. The predicted octanol–water partition coefficient (Wildman–Crippen LogP) is 0.553. The number of hydrogen-bond donors (Lipinski definition) is 2. The van der Waals surface area contributed by atoms with Gasteiger partial charge in [-0.2, -0.15) is 4.31 Å². The quantitative estimate of drug-likeness (QED) is 0.772. The van der Waals surface area contributed by atoms with Gasteiger partial charge >= 0.3 is 0 Å². The Hall–Kier alpha value is -1.18. The number of nitrogens with two attached hydrogens (primary N) is 1. The number of nitrogens with zero attached hydrogens (tertiary/aromatic N) is 1. The molecular formula is C11H15FN2O3S. The Morgan fingerprint density at radius 3 is 2.50 bits per heavy atom. The fraction of sp³-hybridized carbons (Fsp3) is 0.455. The Morgan fingerprint density at radius 2 is 1.94 bits per heavy atom. The fourth-order valence-electron chi connectivity index (χ4n) is 1.90. The maximum atomic E-state index is 13.3. The molecule has 1 fully saturated rings. The molecule has 1 aromatic rings. The molecule has 100 valence electrons. The van der Waals surface area contributed by atoms with Gasteiger partial charge in [0.25, 0.3) is 0 Å². The zero-order valence-electron chi connectivity index (χ0n) is 9.71. The Kier molecular flexibility index (Phi) is 3.56. The molecule has 7 heteroatoms. The number of piperidine rings is 1. The van der Waals surface area contributed by atoms with E-state index >= 15 is 0 Å². The van der Waals surface area contributed by atoms with E-state index in [1.807, 2.05) is 0 Å². The molecular weight excluding hydrogens is 259 g/mol. The van der Waals surface area contributed by atoms with Crippen LogP contribution in [-0.4, -0.2) is 37.0 Å². The van der Waals surface area contributed by atoms with Crippen LogP contribution in [0.25, 0.3) is 0 Å². The van der Waals surface area contributed by atoms with Crippen LogP contribution in [0.15, 0.2) is 23.1 Å². The molecule has 1 aliphatic heterocycles. The van der Waals surface area contributed by atoms with E-state index in [-0.39, 0.29) is 23.7 Å². The van der Waals surface area contributed by atoms with Crippen molar-refractivity contribution in [3.8, 4) is 0 Å². The van der Waals surface area contributed by atoms with Crippen molar-refractivity contribution in [2.75, 3.05) is 18.8 Å². The van der Waals surface area contributed by atoms with Gasteiger partial charge in [0.05, 0.1) is 16.7 Å². The van der Waals surface area contributed by atoms with Gasteiger partial charge < -0.3 is 10.8 Å². The van der Waals surface area contributed by atoms with E-state index in [0.717, 1.165) is 6.07 Å². The molecule has 1 aliphatic rings. The third-order valence-corrected chi connectivity index (χ3v) is 4.93. The number of anilines is 1. The first-order valence-corrected chi connectivity index (χ1v) is 7.08. The van der Waals surface area contributed by atoms with Crippen molar-refractivity contribution in [1.29, 1.82) is 0 Å². The number of sulfonamides is 1. The summed E-state index contributed by atoms with van der Waals surface area (Å²) in [5, 5.41) is 9.35. The number of aliphatic hydroxyl groups excluding tert-OH is 1. The van der Waals surface area contributed by atoms with Gasteiger partial charge in [0.15, 0.2) is 0 Å². The normalized spacial score (nSPS) is 19.0. The number of benzene rings is 1. The number of hydrogen-bond acceptors (Lipinski definition) is 4. The minimum atomic E-state index is -3.70. The summed E-state index contributed by atoms with van der Waals surface area (Å²) < 4.78 is 38.9. The predicted molar refractivity (Wildman–Crippen MR) is 64.8 cm³/mol. The largest absolute Gasteiger partial charge is 0.396 e. The standard InChI is InChI=1S/C11H15FN2O3S/c12-10-7-9(1-2-11(10)13)18(16,17)14-5-3-8(15)4-6-14/h1-2,7-8,15H,3-6,13H2. The van der Waals surface area contributed by atoms with E-state index in [1.165, 1.54) is 16.4 Å². The van der Waals surface area contributed by atoms with Crippen molar-refractivity contribution < 1.29 is 17.9 Å². The molecule has 0 aliphatic carbocycles. The van der Waals surface area contributed by atoms with Gasteiger partial charge in [0.2, 0.25) is 10.0 Å². The van der Waals surface area contributed by atoms with Crippen molar-refractivity contribution >= 4 is 15.7 Å². The summed E-state index contributed by atoms with van der Waals surface area (Å²) in [7, 11) is -3.70. The second-order valence-corrected chi connectivity index (χ2v) is 6.26. The summed E-state index contributed by atoms with van der Waals surface area (Å²) in [5.74, 6) is -0.742. The molecule has 3 N–H and O–H groups in total. The summed E-state index contributed by atoms with van der Waals surface area (Å²) >= 11 is 0. The van der Waals surface area contributed by atoms with E-state index in [4.69, 9.17) is 5.73 Å². The van der Waals surface area contributed by atoms with Crippen LogP contribution in [0.5, 0.6) is 0 Å². The second-order valence-electron chi connectivity index (χ2n) is 4.32. The number of nitrogen functional groups attached to an aromatic ring is 1. The fourth-order valence-corrected chi connectivity index (χ4v) is 3.38. The third-order valence-electron chi connectivity index (χ3n) is 3.03. The monoisotopic (exact) mass is 274 g/mol. The van der Waals surface area contributed by atoms with Crippen LogP contribution < -0.4 is 5.73 Å². The van der Waals surface area contributed by atoms with Gasteiger partial charge in [-0.25, -0.2) is 12.8 Å². The first-order chi connectivity index (χ1) is 8.41. The number of rotatable bonds is 2. The van der Waals surface area contributed by atoms with Crippen LogP contribution in [-0.2, 0) is 10.0 Å². The highest BCUT2D eigenvalue weighted by molar-refractivity contribution is 7.89. The summed E-state index contributed by atoms with van der Waals surface area (Å²) in [5.41, 5.74) is 5.23. The van der Waals surface area contributed by atoms with Crippen molar-refractivity contribution in [1.82, 2.24) is 4.31 Å². The van der Waals surface area contributed by atoms with E-state index < -0.39 is 21.9 Å². The number of aliphatic hydroxyl groups is 1. The highest BCUT2D eigenvalue weighted by Gasteiger charge is 2.29. The van der Waals surface area contributed by atoms with Gasteiger partial charge in [0, 0.05) is 13.1 Å². The third kappa shape index (κ3) is 2.47. The van der Waals surface area contributed by atoms with Gasteiger partial charge in [-0.1, -0.05) is 0 Å². The summed E-state index contributed by atoms with van der Waals surface area (Å²) in [6, 6.07) is 3.45. The summed E-state index contributed by atoms with van der Waals surface area (Å²) in [6.45, 7) is 0.491. The topological polar surface area (TPSA) is 83.6 Å². The minimum absolute atomic E-state index is 0.0805. The molecule has 2 rings (SSSR count). The van der Waals surface area contributed by atoms with Crippen LogP contribution in [0.1, 0.15) is 12.8 Å². The average molecular weight is 274 g/mol. The highest BCUT2D eigenvalue weighted by atomic mass is 32.2. The molecule has 5 nitrogen and oxygen atoms in total. The molecule has 18 heavy (non-hydrogen) atoms. The molecule has 1 heterocycles. The molecule has 0 radical (unpaired) electrons. The van der Waals surface area contributed by atoms with Gasteiger partial charge in [0.1, 0.15) is 5.82 Å². The van der Waals surface area contributed by atoms with E-state index in [1.54, 1.807) is 0 Å².